The molecule has 0 aromatic heterocycles. The van der Waals surface area contributed by atoms with Gasteiger partial charge in [-0.25, -0.2) is 13.2 Å². The van der Waals surface area contributed by atoms with Gasteiger partial charge in [0.05, 0.1) is 25.9 Å². The second-order valence-corrected chi connectivity index (χ2v) is 8.86. The number of anilines is 1. The number of carbonyl (C=O) groups is 2. The summed E-state index contributed by atoms with van der Waals surface area (Å²) in [7, 11) is -2.59. The fourth-order valence-electron chi connectivity index (χ4n) is 2.88. The molecule has 0 saturated carbocycles. The molecule has 0 spiro atoms. The van der Waals surface area contributed by atoms with Crippen molar-refractivity contribution in [1.29, 1.82) is 0 Å². The number of halogens is 1. The first-order valence-corrected chi connectivity index (χ1v) is 11.1. The minimum Gasteiger partial charge on any atom is -0.482 e. The lowest BCUT2D eigenvalue weighted by atomic mass is 10.2. The maximum absolute atomic E-state index is 13.0. The van der Waals surface area contributed by atoms with Crippen LogP contribution in [0.1, 0.15) is 10.4 Å². The topological polar surface area (TPSA) is 111 Å². The molecule has 0 bridgehead atoms. The zero-order valence-corrected chi connectivity index (χ0v) is 18.2. The minimum absolute atomic E-state index is 0.0204. The van der Waals surface area contributed by atoms with Gasteiger partial charge in [-0.15, -0.1) is 0 Å². The third-order valence-corrected chi connectivity index (χ3v) is 6.60. The van der Waals surface area contributed by atoms with Crippen LogP contribution in [-0.2, 0) is 24.3 Å². The molecule has 0 aliphatic carbocycles. The number of carbonyl (C=O) groups excluding carboxylic acids is 2. The molecule has 2 aromatic carbocycles. The number of nitrogens with zero attached hydrogens (tertiary/aromatic N) is 1. The summed E-state index contributed by atoms with van der Waals surface area (Å²) < 4.78 is 42.6. The SMILES string of the molecule is COC(=O)c1ccc(NC(=O)COc2ccc(Cl)cc2S(=O)(=O)N2CCOCC2)cc1. The summed E-state index contributed by atoms with van der Waals surface area (Å²) in [5.41, 5.74) is 0.786. The van der Waals surface area contributed by atoms with Gasteiger partial charge >= 0.3 is 5.97 Å². The van der Waals surface area contributed by atoms with E-state index in [0.717, 1.165) is 0 Å². The monoisotopic (exact) mass is 468 g/mol. The highest BCUT2D eigenvalue weighted by Crippen LogP contribution is 2.30. The van der Waals surface area contributed by atoms with Gasteiger partial charge in [0.2, 0.25) is 10.0 Å². The lowest BCUT2D eigenvalue weighted by molar-refractivity contribution is -0.118. The highest BCUT2D eigenvalue weighted by atomic mass is 35.5. The quantitative estimate of drug-likeness (QED) is 0.620. The Bertz CT molecular complexity index is 1050. The molecule has 1 aliphatic heterocycles. The van der Waals surface area contributed by atoms with E-state index in [1.165, 1.54) is 41.7 Å². The molecular formula is C20H21ClN2O7S. The molecular weight excluding hydrogens is 448 g/mol. The van der Waals surface area contributed by atoms with Crippen LogP contribution in [0.25, 0.3) is 0 Å². The Balaban J connectivity index is 1.69. The van der Waals surface area contributed by atoms with Crippen LogP contribution in [0.15, 0.2) is 47.4 Å². The van der Waals surface area contributed by atoms with Crippen molar-refractivity contribution in [3.05, 3.63) is 53.1 Å². The Kier molecular flexibility index (Phi) is 7.50. The molecule has 1 heterocycles. The second kappa shape index (κ2) is 10.1. The summed E-state index contributed by atoms with van der Waals surface area (Å²) in [6, 6.07) is 10.3. The van der Waals surface area contributed by atoms with Crippen LogP contribution in [0.3, 0.4) is 0 Å². The number of benzene rings is 2. The number of methoxy groups -OCH3 is 1. The van der Waals surface area contributed by atoms with E-state index >= 15 is 0 Å². The molecule has 1 N–H and O–H groups in total. The number of hydrogen-bond donors (Lipinski definition) is 1. The van der Waals surface area contributed by atoms with Crippen molar-refractivity contribution < 1.29 is 32.2 Å². The van der Waals surface area contributed by atoms with Gasteiger partial charge in [-0.1, -0.05) is 11.6 Å². The first-order valence-electron chi connectivity index (χ1n) is 9.30. The molecule has 3 rings (SSSR count). The lowest BCUT2D eigenvalue weighted by Gasteiger charge is -2.26. The van der Waals surface area contributed by atoms with Crippen LogP contribution in [0, 0.1) is 0 Å². The van der Waals surface area contributed by atoms with E-state index in [9.17, 15) is 18.0 Å². The number of esters is 1. The summed E-state index contributed by atoms with van der Waals surface area (Å²) in [6.07, 6.45) is 0. The van der Waals surface area contributed by atoms with E-state index in [1.807, 2.05) is 0 Å². The van der Waals surface area contributed by atoms with Gasteiger partial charge in [0, 0.05) is 23.8 Å². The summed E-state index contributed by atoms with van der Waals surface area (Å²) in [6.45, 7) is 0.610. The van der Waals surface area contributed by atoms with Crippen molar-refractivity contribution in [2.45, 2.75) is 4.90 Å². The van der Waals surface area contributed by atoms with Crippen molar-refractivity contribution in [2.24, 2.45) is 0 Å². The standard InChI is InChI=1S/C20H21ClN2O7S/c1-28-20(25)14-2-5-16(6-3-14)22-19(24)13-30-17-7-4-15(21)12-18(17)31(26,27)23-8-10-29-11-9-23/h2-7,12H,8-11,13H2,1H3,(H,22,24). The fourth-order valence-corrected chi connectivity index (χ4v) is 4.68. The summed E-state index contributed by atoms with van der Waals surface area (Å²) >= 11 is 6.00. The van der Waals surface area contributed by atoms with E-state index in [-0.39, 0.29) is 28.8 Å². The van der Waals surface area contributed by atoms with Gasteiger partial charge in [0.1, 0.15) is 10.6 Å². The smallest absolute Gasteiger partial charge is 0.337 e. The van der Waals surface area contributed by atoms with Crippen molar-refractivity contribution in [3.63, 3.8) is 0 Å². The zero-order valence-electron chi connectivity index (χ0n) is 16.7. The van der Waals surface area contributed by atoms with Crippen LogP contribution < -0.4 is 10.1 Å². The number of amides is 1. The first kappa shape index (κ1) is 23.0. The van der Waals surface area contributed by atoms with Crippen LogP contribution in [0.2, 0.25) is 5.02 Å². The van der Waals surface area contributed by atoms with Gasteiger partial charge in [-0.3, -0.25) is 4.79 Å². The molecule has 0 radical (unpaired) electrons. The highest BCUT2D eigenvalue weighted by molar-refractivity contribution is 7.89. The predicted molar refractivity (Wildman–Crippen MR) is 113 cm³/mol. The van der Waals surface area contributed by atoms with E-state index in [1.54, 1.807) is 12.1 Å². The average Bonchev–Trinajstić information content (AvgIpc) is 2.78. The number of nitrogens with one attached hydrogen (secondary N) is 1. The number of hydrogen-bond acceptors (Lipinski definition) is 7. The van der Waals surface area contributed by atoms with Crippen molar-refractivity contribution in [2.75, 3.05) is 45.3 Å². The van der Waals surface area contributed by atoms with Crippen molar-refractivity contribution in [1.82, 2.24) is 4.31 Å². The van der Waals surface area contributed by atoms with Gasteiger partial charge in [0.15, 0.2) is 6.61 Å². The number of sulfonamides is 1. The molecule has 1 fully saturated rings. The lowest BCUT2D eigenvalue weighted by Crippen LogP contribution is -2.40. The van der Waals surface area contributed by atoms with E-state index in [0.29, 0.717) is 24.5 Å². The maximum atomic E-state index is 13.0. The zero-order chi connectivity index (χ0) is 22.4. The molecule has 1 aliphatic rings. The second-order valence-electron chi connectivity index (χ2n) is 6.51. The summed E-state index contributed by atoms with van der Waals surface area (Å²) in [5.74, 6) is -0.972. The third kappa shape index (κ3) is 5.73. The van der Waals surface area contributed by atoms with Gasteiger partial charge < -0.3 is 19.5 Å². The minimum atomic E-state index is -3.87. The normalized spacial score (nSPS) is 14.6. The van der Waals surface area contributed by atoms with Gasteiger partial charge in [-0.2, -0.15) is 4.31 Å². The Morgan fingerprint density at radius 1 is 1.13 bits per heavy atom. The number of ether oxygens (including phenoxy) is 3. The van der Waals surface area contributed by atoms with Crippen LogP contribution in [0.4, 0.5) is 5.69 Å². The predicted octanol–water partition coefficient (Wildman–Crippen LogP) is 2.17. The highest BCUT2D eigenvalue weighted by Gasteiger charge is 2.29. The molecule has 0 unspecified atom stereocenters. The third-order valence-electron chi connectivity index (χ3n) is 4.44. The molecule has 166 valence electrons. The molecule has 11 heteroatoms. The Morgan fingerprint density at radius 3 is 2.45 bits per heavy atom. The molecule has 31 heavy (non-hydrogen) atoms. The largest absolute Gasteiger partial charge is 0.482 e. The van der Waals surface area contributed by atoms with Crippen molar-refractivity contribution >= 4 is 39.2 Å². The van der Waals surface area contributed by atoms with Crippen LogP contribution >= 0.6 is 11.6 Å². The molecule has 9 nitrogen and oxygen atoms in total. The number of rotatable bonds is 7. The van der Waals surface area contributed by atoms with Gasteiger partial charge in [-0.05, 0) is 42.5 Å². The van der Waals surface area contributed by atoms with E-state index in [2.05, 4.69) is 10.1 Å². The molecule has 0 atom stereocenters. The maximum Gasteiger partial charge on any atom is 0.337 e. The first-order chi connectivity index (χ1) is 14.8. The number of morpholine rings is 1. The molecule has 1 saturated heterocycles. The Labute approximate surface area is 184 Å². The Morgan fingerprint density at radius 2 is 1.81 bits per heavy atom. The Hall–Kier alpha value is -2.66. The fraction of sp³-hybridized carbons (Fsp3) is 0.300. The van der Waals surface area contributed by atoms with E-state index in [4.69, 9.17) is 21.1 Å². The van der Waals surface area contributed by atoms with Crippen molar-refractivity contribution in [3.8, 4) is 5.75 Å². The average molecular weight is 469 g/mol. The summed E-state index contributed by atoms with van der Waals surface area (Å²) in [5, 5.41) is 2.84. The molecule has 2 aromatic rings. The van der Waals surface area contributed by atoms with Crippen LogP contribution in [0.5, 0.6) is 5.75 Å². The van der Waals surface area contributed by atoms with Crippen LogP contribution in [-0.4, -0.2) is 64.6 Å². The van der Waals surface area contributed by atoms with E-state index < -0.39 is 28.5 Å². The summed E-state index contributed by atoms with van der Waals surface area (Å²) in [4.78, 5) is 23.6. The molecule has 1 amide bonds. The van der Waals surface area contributed by atoms with Gasteiger partial charge in [0.25, 0.3) is 5.91 Å².